The van der Waals surface area contributed by atoms with Crippen molar-refractivity contribution >= 4 is 11.4 Å². The molecule has 1 heterocycles. The maximum atomic E-state index is 12.8. The van der Waals surface area contributed by atoms with E-state index in [1.165, 1.54) is 6.33 Å². The number of anilines is 1. The lowest BCUT2D eigenvalue weighted by molar-refractivity contribution is -0.384. The van der Waals surface area contributed by atoms with E-state index in [2.05, 4.69) is 15.4 Å². The van der Waals surface area contributed by atoms with E-state index in [-0.39, 0.29) is 11.7 Å². The van der Waals surface area contributed by atoms with Gasteiger partial charge in [-0.3, -0.25) is 10.1 Å². The molecule has 0 radical (unpaired) electrons. The summed E-state index contributed by atoms with van der Waals surface area (Å²) in [6.45, 7) is 1.76. The second kappa shape index (κ2) is 7.06. The third kappa shape index (κ3) is 4.05. The molecule has 1 N–H and O–H groups in total. The molecule has 0 amide bonds. The summed E-state index contributed by atoms with van der Waals surface area (Å²) >= 11 is 0. The van der Waals surface area contributed by atoms with E-state index in [1.54, 1.807) is 42.2 Å². The van der Waals surface area contributed by atoms with Gasteiger partial charge >= 0.3 is 6.18 Å². The standard InChI is InChI=1S/C17H14F3N5O2/c1-11(12-2-5-14(6-3-12)24-10-21-9-22-24)23-15-7-4-13(17(18,19)20)8-16(15)25(26)27/h2-11,23H,1H3/t11-/m0/s1. The number of benzene rings is 2. The van der Waals surface area contributed by atoms with Gasteiger partial charge in [-0.05, 0) is 36.8 Å². The van der Waals surface area contributed by atoms with E-state index in [0.717, 1.165) is 23.4 Å². The first kappa shape index (κ1) is 18.4. The average Bonchev–Trinajstić information content (AvgIpc) is 3.15. The predicted octanol–water partition coefficient (Wildman–Crippen LogP) is 4.37. The van der Waals surface area contributed by atoms with Crippen LogP contribution in [0.5, 0.6) is 0 Å². The van der Waals surface area contributed by atoms with E-state index in [0.29, 0.717) is 6.07 Å². The third-order valence-electron chi connectivity index (χ3n) is 3.97. The summed E-state index contributed by atoms with van der Waals surface area (Å²) in [5.74, 6) is 0. The van der Waals surface area contributed by atoms with Crippen LogP contribution < -0.4 is 5.32 Å². The fourth-order valence-corrected chi connectivity index (χ4v) is 2.55. The molecule has 0 fully saturated rings. The average molecular weight is 377 g/mol. The molecule has 0 aliphatic rings. The third-order valence-corrected chi connectivity index (χ3v) is 3.97. The van der Waals surface area contributed by atoms with Gasteiger partial charge in [-0.1, -0.05) is 12.1 Å². The summed E-state index contributed by atoms with van der Waals surface area (Å²) in [5.41, 5.74) is -0.0987. The molecule has 140 valence electrons. The Balaban J connectivity index is 1.83. The lowest BCUT2D eigenvalue weighted by Crippen LogP contribution is -2.11. The summed E-state index contributed by atoms with van der Waals surface area (Å²) in [6, 6.07) is 9.23. The van der Waals surface area contributed by atoms with E-state index in [1.807, 2.05) is 0 Å². The molecule has 0 aliphatic carbocycles. The maximum absolute atomic E-state index is 12.8. The van der Waals surface area contributed by atoms with Crippen LogP contribution in [0.4, 0.5) is 24.5 Å². The van der Waals surface area contributed by atoms with Gasteiger partial charge in [-0.15, -0.1) is 0 Å². The molecular formula is C17H14F3N5O2. The Morgan fingerprint density at radius 1 is 1.19 bits per heavy atom. The molecular weight excluding hydrogens is 363 g/mol. The molecule has 0 bridgehead atoms. The van der Waals surface area contributed by atoms with Gasteiger partial charge in [0.05, 0.1) is 16.2 Å². The Morgan fingerprint density at radius 2 is 1.89 bits per heavy atom. The molecule has 0 unspecified atom stereocenters. The Morgan fingerprint density at radius 3 is 2.44 bits per heavy atom. The number of halogens is 3. The van der Waals surface area contributed by atoms with Crippen LogP contribution in [0.2, 0.25) is 0 Å². The minimum Gasteiger partial charge on any atom is -0.373 e. The van der Waals surface area contributed by atoms with Gasteiger partial charge in [0, 0.05) is 12.1 Å². The van der Waals surface area contributed by atoms with Crippen LogP contribution in [0, 0.1) is 10.1 Å². The molecule has 0 spiro atoms. The molecule has 1 atom stereocenters. The Bertz CT molecular complexity index is 940. The molecule has 7 nitrogen and oxygen atoms in total. The molecule has 1 aromatic heterocycles. The molecule has 0 saturated carbocycles. The van der Waals surface area contributed by atoms with E-state index >= 15 is 0 Å². The van der Waals surface area contributed by atoms with E-state index in [4.69, 9.17) is 0 Å². The van der Waals surface area contributed by atoms with Crippen molar-refractivity contribution < 1.29 is 18.1 Å². The number of nitrogens with one attached hydrogen (secondary N) is 1. The highest BCUT2D eigenvalue weighted by Gasteiger charge is 2.33. The van der Waals surface area contributed by atoms with Gasteiger partial charge in [0.2, 0.25) is 0 Å². The molecule has 27 heavy (non-hydrogen) atoms. The van der Waals surface area contributed by atoms with Crippen molar-refractivity contribution in [3.05, 3.63) is 76.4 Å². The van der Waals surface area contributed by atoms with Crippen LogP contribution in [0.15, 0.2) is 55.1 Å². The predicted molar refractivity (Wildman–Crippen MR) is 91.5 cm³/mol. The van der Waals surface area contributed by atoms with Gasteiger partial charge in [-0.2, -0.15) is 18.3 Å². The lowest BCUT2D eigenvalue weighted by atomic mass is 10.1. The summed E-state index contributed by atoms with van der Waals surface area (Å²) < 4.78 is 39.9. The lowest BCUT2D eigenvalue weighted by Gasteiger charge is -2.17. The van der Waals surface area contributed by atoms with E-state index < -0.39 is 22.4 Å². The fraction of sp³-hybridized carbons (Fsp3) is 0.176. The quantitative estimate of drug-likeness (QED) is 0.527. The highest BCUT2D eigenvalue weighted by molar-refractivity contribution is 5.63. The zero-order valence-electron chi connectivity index (χ0n) is 14.0. The monoisotopic (exact) mass is 377 g/mol. The van der Waals surface area contributed by atoms with Gasteiger partial charge < -0.3 is 5.32 Å². The van der Waals surface area contributed by atoms with Gasteiger partial charge in [0.25, 0.3) is 5.69 Å². The Kier molecular flexibility index (Phi) is 4.80. The minimum atomic E-state index is -4.65. The van der Waals surface area contributed by atoms with Crippen LogP contribution in [0.25, 0.3) is 5.69 Å². The second-order valence-corrected chi connectivity index (χ2v) is 5.78. The van der Waals surface area contributed by atoms with Gasteiger partial charge in [0.1, 0.15) is 18.3 Å². The second-order valence-electron chi connectivity index (χ2n) is 5.78. The number of alkyl halides is 3. The SMILES string of the molecule is C[C@H](Nc1ccc(C(F)(F)F)cc1[N+](=O)[O-])c1ccc(-n2cncn2)cc1. The maximum Gasteiger partial charge on any atom is 0.416 e. The topological polar surface area (TPSA) is 85.9 Å². The van der Waals surface area contributed by atoms with Crippen LogP contribution in [0.3, 0.4) is 0 Å². The summed E-state index contributed by atoms with van der Waals surface area (Å²) in [4.78, 5) is 14.2. The number of hydrogen-bond acceptors (Lipinski definition) is 5. The first-order chi connectivity index (χ1) is 12.8. The number of aromatic nitrogens is 3. The van der Waals surface area contributed by atoms with Gasteiger partial charge in [-0.25, -0.2) is 9.67 Å². The highest BCUT2D eigenvalue weighted by Crippen LogP contribution is 2.36. The number of nitro benzene ring substituents is 1. The van der Waals surface area contributed by atoms with Crippen molar-refractivity contribution in [1.82, 2.24) is 14.8 Å². The largest absolute Gasteiger partial charge is 0.416 e. The summed E-state index contributed by atoms with van der Waals surface area (Å²) in [7, 11) is 0. The van der Waals surface area contributed by atoms with Crippen LogP contribution in [-0.4, -0.2) is 19.7 Å². The molecule has 3 aromatic rings. The zero-order valence-corrected chi connectivity index (χ0v) is 14.0. The van der Waals surface area contributed by atoms with Crippen LogP contribution >= 0.6 is 0 Å². The molecule has 3 rings (SSSR count). The number of nitro groups is 1. The summed E-state index contributed by atoms with van der Waals surface area (Å²) in [6.07, 6.45) is -1.70. The van der Waals surface area contributed by atoms with E-state index in [9.17, 15) is 23.3 Å². The van der Waals surface area contributed by atoms with Crippen molar-refractivity contribution in [2.24, 2.45) is 0 Å². The Hall–Kier alpha value is -3.43. The Labute approximate surface area is 151 Å². The first-order valence-electron chi connectivity index (χ1n) is 7.83. The molecule has 10 heteroatoms. The minimum absolute atomic E-state index is 0.0147. The van der Waals surface area contributed by atoms with Crippen molar-refractivity contribution in [2.45, 2.75) is 19.1 Å². The number of rotatable bonds is 5. The molecule has 2 aromatic carbocycles. The number of hydrogen-bond donors (Lipinski definition) is 1. The zero-order chi connectivity index (χ0) is 19.6. The summed E-state index contributed by atoms with van der Waals surface area (Å²) in [5, 5.41) is 18.1. The highest BCUT2D eigenvalue weighted by atomic mass is 19.4. The normalized spacial score (nSPS) is 12.6. The van der Waals surface area contributed by atoms with Crippen molar-refractivity contribution in [1.29, 1.82) is 0 Å². The molecule has 0 aliphatic heterocycles. The number of nitrogens with zero attached hydrogens (tertiary/aromatic N) is 4. The molecule has 0 saturated heterocycles. The smallest absolute Gasteiger partial charge is 0.373 e. The van der Waals surface area contributed by atoms with Crippen LogP contribution in [-0.2, 0) is 6.18 Å². The van der Waals surface area contributed by atoms with Crippen LogP contribution in [0.1, 0.15) is 24.1 Å². The van der Waals surface area contributed by atoms with Crippen molar-refractivity contribution in [3.63, 3.8) is 0 Å². The fourth-order valence-electron chi connectivity index (χ4n) is 2.55. The van der Waals surface area contributed by atoms with Crippen molar-refractivity contribution in [2.75, 3.05) is 5.32 Å². The van der Waals surface area contributed by atoms with Gasteiger partial charge in [0.15, 0.2) is 0 Å². The first-order valence-corrected chi connectivity index (χ1v) is 7.83. The van der Waals surface area contributed by atoms with Crippen molar-refractivity contribution in [3.8, 4) is 5.69 Å².